The molecule has 5 rings (SSSR count). The van der Waals surface area contributed by atoms with E-state index in [0.29, 0.717) is 0 Å². The molecule has 0 unspecified atom stereocenters. The van der Waals surface area contributed by atoms with E-state index in [9.17, 15) is 0 Å². The van der Waals surface area contributed by atoms with E-state index in [0.717, 1.165) is 11.6 Å². The molecule has 0 saturated heterocycles. The highest BCUT2D eigenvalue weighted by molar-refractivity contribution is 7.32. The number of hydrogen-bond acceptors (Lipinski definition) is 3. The Balaban J connectivity index is 1.72. The first-order chi connectivity index (χ1) is 11.8. The molecule has 1 aliphatic carbocycles. The van der Waals surface area contributed by atoms with Gasteiger partial charge in [-0.2, -0.15) is 0 Å². The zero-order valence-electron chi connectivity index (χ0n) is 13.7. The van der Waals surface area contributed by atoms with E-state index in [2.05, 4.69) is 42.6 Å². The van der Waals surface area contributed by atoms with E-state index in [4.69, 9.17) is 4.98 Å². The number of nitrogens with zero attached hydrogens (tertiary/aromatic N) is 1. The Morgan fingerprint density at radius 3 is 2.79 bits per heavy atom. The van der Waals surface area contributed by atoms with Gasteiger partial charge in [0.2, 0.25) is 0 Å². The summed E-state index contributed by atoms with van der Waals surface area (Å²) < 4.78 is 4.12. The summed E-state index contributed by atoms with van der Waals surface area (Å²) in [5.74, 6) is 0.745. The lowest BCUT2D eigenvalue weighted by Gasteiger charge is -2.13. The highest BCUT2D eigenvalue weighted by Crippen LogP contribution is 2.42. The summed E-state index contributed by atoms with van der Waals surface area (Å²) in [4.78, 5) is 4.78. The molecular formula is C21H19NS2. The van der Waals surface area contributed by atoms with Crippen LogP contribution in [-0.2, 0) is 0 Å². The number of rotatable bonds is 2. The average Bonchev–Trinajstić information content (AvgIpc) is 3.30. The van der Waals surface area contributed by atoms with Crippen molar-refractivity contribution < 1.29 is 0 Å². The van der Waals surface area contributed by atoms with E-state index in [1.54, 1.807) is 0 Å². The second-order valence-electron chi connectivity index (χ2n) is 6.87. The van der Waals surface area contributed by atoms with Crippen molar-refractivity contribution in [2.45, 2.75) is 38.5 Å². The zero-order valence-corrected chi connectivity index (χ0v) is 15.3. The summed E-state index contributed by atoms with van der Waals surface area (Å²) in [6, 6.07) is 11.5. The zero-order chi connectivity index (χ0) is 16.1. The Kier molecular flexibility index (Phi) is 3.46. The first-order valence-corrected chi connectivity index (χ1v) is 10.4. The van der Waals surface area contributed by atoms with E-state index in [1.807, 2.05) is 28.9 Å². The fourth-order valence-corrected chi connectivity index (χ4v) is 6.41. The number of hydrogen-bond donors (Lipinski definition) is 0. The van der Waals surface area contributed by atoms with E-state index in [-0.39, 0.29) is 0 Å². The summed E-state index contributed by atoms with van der Waals surface area (Å²) >= 11 is 3.72. The molecule has 0 N–H and O–H groups in total. The quantitative estimate of drug-likeness (QED) is 0.374. The SMILES string of the molecule is Cc1cc(-c2nccc3c2sc2ccsc23)cc(C2CCCC2)c1. The van der Waals surface area contributed by atoms with Gasteiger partial charge in [-0.3, -0.25) is 4.98 Å². The van der Waals surface area contributed by atoms with Crippen molar-refractivity contribution >= 4 is 42.2 Å². The van der Waals surface area contributed by atoms with Gasteiger partial charge in [0, 0.05) is 21.8 Å². The molecule has 0 amide bonds. The molecule has 0 bridgehead atoms. The van der Waals surface area contributed by atoms with Crippen LogP contribution in [0.25, 0.3) is 30.7 Å². The number of benzene rings is 1. The minimum Gasteiger partial charge on any atom is -0.255 e. The molecule has 0 aliphatic heterocycles. The van der Waals surface area contributed by atoms with Crippen LogP contribution in [0.5, 0.6) is 0 Å². The maximum absolute atomic E-state index is 4.78. The Morgan fingerprint density at radius 1 is 1.04 bits per heavy atom. The monoisotopic (exact) mass is 349 g/mol. The summed E-state index contributed by atoms with van der Waals surface area (Å²) in [6.45, 7) is 2.22. The van der Waals surface area contributed by atoms with Crippen LogP contribution >= 0.6 is 22.7 Å². The molecule has 120 valence electrons. The lowest BCUT2D eigenvalue weighted by atomic mass is 9.93. The summed E-state index contributed by atoms with van der Waals surface area (Å²) in [7, 11) is 0. The molecule has 1 saturated carbocycles. The number of pyridine rings is 1. The number of fused-ring (bicyclic) bond motifs is 3. The van der Waals surface area contributed by atoms with Crippen LogP contribution in [0.4, 0.5) is 0 Å². The second-order valence-corrected chi connectivity index (χ2v) is 8.83. The third kappa shape index (κ3) is 2.30. The third-order valence-corrected chi connectivity index (χ3v) is 7.44. The van der Waals surface area contributed by atoms with Crippen LogP contribution in [0.2, 0.25) is 0 Å². The Bertz CT molecular complexity index is 1030. The molecule has 24 heavy (non-hydrogen) atoms. The van der Waals surface area contributed by atoms with Crippen LogP contribution in [0.3, 0.4) is 0 Å². The summed E-state index contributed by atoms with van der Waals surface area (Å²) in [5, 5.41) is 3.55. The Labute approximate surface area is 150 Å². The maximum Gasteiger partial charge on any atom is 0.0880 e. The van der Waals surface area contributed by atoms with Gasteiger partial charge in [-0.05, 0) is 60.9 Å². The molecular weight excluding hydrogens is 330 g/mol. The first-order valence-electron chi connectivity index (χ1n) is 8.66. The predicted molar refractivity (Wildman–Crippen MR) is 106 cm³/mol. The van der Waals surface area contributed by atoms with Gasteiger partial charge in [0.1, 0.15) is 0 Å². The van der Waals surface area contributed by atoms with Gasteiger partial charge < -0.3 is 0 Å². The van der Waals surface area contributed by atoms with E-state index >= 15 is 0 Å². The molecule has 1 aliphatic rings. The van der Waals surface area contributed by atoms with Crippen LogP contribution in [0, 0.1) is 6.92 Å². The molecule has 0 radical (unpaired) electrons. The Hall–Kier alpha value is -1.71. The molecule has 1 aromatic carbocycles. The van der Waals surface area contributed by atoms with Crippen molar-refractivity contribution in [3.8, 4) is 11.3 Å². The second kappa shape index (κ2) is 5.68. The first kappa shape index (κ1) is 14.6. The van der Waals surface area contributed by atoms with Gasteiger partial charge in [-0.1, -0.05) is 24.5 Å². The fraction of sp³-hybridized carbons (Fsp3) is 0.286. The van der Waals surface area contributed by atoms with Gasteiger partial charge in [0.05, 0.1) is 15.1 Å². The van der Waals surface area contributed by atoms with Gasteiger partial charge in [0.25, 0.3) is 0 Å². The molecule has 4 aromatic rings. The minimum atomic E-state index is 0.745. The topological polar surface area (TPSA) is 12.9 Å². The van der Waals surface area contributed by atoms with E-state index in [1.165, 1.54) is 61.9 Å². The standard InChI is InChI=1S/C21H19NS2/c1-13-10-15(14-4-2-3-5-14)12-16(11-13)19-21-17(6-8-22-19)20-18(24-21)7-9-23-20/h6-12,14H,2-5H2,1H3. The summed E-state index contributed by atoms with van der Waals surface area (Å²) in [6.07, 6.45) is 7.41. The molecule has 3 heteroatoms. The number of thiophene rings is 2. The average molecular weight is 350 g/mol. The molecule has 1 nitrogen and oxygen atoms in total. The number of aryl methyl sites for hydroxylation is 1. The predicted octanol–water partition coefficient (Wildman–Crippen LogP) is 7.14. The van der Waals surface area contributed by atoms with Crippen molar-refractivity contribution in [1.82, 2.24) is 4.98 Å². The highest BCUT2D eigenvalue weighted by Gasteiger charge is 2.19. The number of aromatic nitrogens is 1. The molecule has 3 aromatic heterocycles. The third-order valence-electron chi connectivity index (χ3n) is 5.19. The minimum absolute atomic E-state index is 0.745. The van der Waals surface area contributed by atoms with Crippen molar-refractivity contribution in [3.63, 3.8) is 0 Å². The lowest BCUT2D eigenvalue weighted by molar-refractivity contribution is 0.723. The van der Waals surface area contributed by atoms with Gasteiger partial charge in [-0.15, -0.1) is 22.7 Å². The van der Waals surface area contributed by atoms with E-state index < -0.39 is 0 Å². The van der Waals surface area contributed by atoms with Gasteiger partial charge in [-0.25, -0.2) is 0 Å². The lowest BCUT2D eigenvalue weighted by Crippen LogP contribution is -1.95. The highest BCUT2D eigenvalue weighted by atomic mass is 32.1. The van der Waals surface area contributed by atoms with Gasteiger partial charge >= 0.3 is 0 Å². The molecule has 1 fully saturated rings. The van der Waals surface area contributed by atoms with Gasteiger partial charge in [0.15, 0.2) is 0 Å². The molecule has 3 heterocycles. The maximum atomic E-state index is 4.78. The van der Waals surface area contributed by atoms with Crippen molar-refractivity contribution in [1.29, 1.82) is 0 Å². The van der Waals surface area contributed by atoms with Crippen LogP contribution in [-0.4, -0.2) is 4.98 Å². The van der Waals surface area contributed by atoms with Crippen LogP contribution in [0.1, 0.15) is 42.7 Å². The van der Waals surface area contributed by atoms with Crippen molar-refractivity contribution in [2.75, 3.05) is 0 Å². The molecule has 0 atom stereocenters. The van der Waals surface area contributed by atoms with Crippen molar-refractivity contribution in [2.24, 2.45) is 0 Å². The van der Waals surface area contributed by atoms with Crippen molar-refractivity contribution in [3.05, 3.63) is 53.0 Å². The van der Waals surface area contributed by atoms with Crippen LogP contribution < -0.4 is 0 Å². The Morgan fingerprint density at radius 2 is 1.92 bits per heavy atom. The smallest absolute Gasteiger partial charge is 0.0880 e. The largest absolute Gasteiger partial charge is 0.255 e. The van der Waals surface area contributed by atoms with Crippen LogP contribution in [0.15, 0.2) is 41.9 Å². The normalized spacial score (nSPS) is 15.7. The molecule has 0 spiro atoms. The fourth-order valence-electron chi connectivity index (χ4n) is 4.06. The summed E-state index contributed by atoms with van der Waals surface area (Å²) in [5.41, 5.74) is 5.31.